The van der Waals surface area contributed by atoms with Crippen LogP contribution in [0.1, 0.15) is 53.0 Å². The van der Waals surface area contributed by atoms with E-state index in [1.54, 1.807) is 54.6 Å². The van der Waals surface area contributed by atoms with Crippen LogP contribution in [0.3, 0.4) is 0 Å². The molecule has 0 radical (unpaired) electrons. The molecule has 2 heterocycles. The Balaban J connectivity index is 1.89. The van der Waals surface area contributed by atoms with Crippen molar-refractivity contribution >= 4 is 15.8 Å². The zero-order valence-corrected chi connectivity index (χ0v) is 26.7. The lowest BCUT2D eigenvalue weighted by Crippen LogP contribution is -2.31. The molecule has 0 aliphatic rings. The summed E-state index contributed by atoms with van der Waals surface area (Å²) in [7, 11) is -2.67. The quantitative estimate of drug-likeness (QED) is 0.182. The van der Waals surface area contributed by atoms with Gasteiger partial charge in [-0.15, -0.1) is 0 Å². The highest BCUT2D eigenvalue weighted by atomic mass is 32.2. The lowest BCUT2D eigenvalue weighted by Gasteiger charge is -2.29. The normalized spacial score (nSPS) is 12.1. The number of aromatic nitrogens is 4. The Morgan fingerprint density at radius 1 is 0.864 bits per heavy atom. The highest BCUT2D eigenvalue weighted by Gasteiger charge is 2.30. The topological polar surface area (TPSA) is 146 Å². The van der Waals surface area contributed by atoms with Gasteiger partial charge in [-0.3, -0.25) is 4.72 Å². The van der Waals surface area contributed by atoms with E-state index >= 15 is 0 Å². The van der Waals surface area contributed by atoms with Crippen molar-refractivity contribution in [2.75, 3.05) is 25.0 Å². The molecule has 2 N–H and O–H groups in total. The van der Waals surface area contributed by atoms with Crippen molar-refractivity contribution in [3.8, 4) is 34.8 Å². The molecular weight excluding hydrogens is 582 g/mol. The number of para-hydroxylation sites is 2. The van der Waals surface area contributed by atoms with Gasteiger partial charge in [0.15, 0.2) is 23.1 Å². The highest BCUT2D eigenvalue weighted by molar-refractivity contribution is 7.92. The summed E-state index contributed by atoms with van der Waals surface area (Å²) in [6.45, 7) is 10.0. The minimum absolute atomic E-state index is 0.0105. The fourth-order valence-corrected chi connectivity index (χ4v) is 5.29. The molecule has 4 rings (SSSR count). The number of benzene rings is 2. The van der Waals surface area contributed by atoms with Crippen molar-refractivity contribution in [3.63, 3.8) is 0 Å². The molecule has 0 aliphatic heterocycles. The summed E-state index contributed by atoms with van der Waals surface area (Å²) in [5.41, 5.74) is 0.261. The number of methoxy groups -OCH3 is 1. The number of hydrogen-bond acceptors (Lipinski definition) is 10. The Bertz CT molecular complexity index is 1650. The summed E-state index contributed by atoms with van der Waals surface area (Å²) in [5.74, 6) is 0.489. The molecule has 44 heavy (non-hydrogen) atoms. The molecule has 0 atom stereocenters. The first-order valence-electron chi connectivity index (χ1n) is 14.3. The third kappa shape index (κ3) is 7.43. The third-order valence-corrected chi connectivity index (χ3v) is 8.85. The average molecular weight is 622 g/mol. The molecular formula is C32H39N5O6S. The maximum atomic E-state index is 13.7. The van der Waals surface area contributed by atoms with Gasteiger partial charge in [0.05, 0.1) is 25.2 Å². The maximum Gasteiger partial charge on any atom is 0.263 e. The van der Waals surface area contributed by atoms with Crippen molar-refractivity contribution < 1.29 is 27.7 Å². The van der Waals surface area contributed by atoms with Gasteiger partial charge in [0, 0.05) is 17.8 Å². The van der Waals surface area contributed by atoms with Crippen LogP contribution in [0.2, 0.25) is 0 Å². The van der Waals surface area contributed by atoms with Crippen molar-refractivity contribution in [3.05, 3.63) is 72.6 Å². The maximum absolute atomic E-state index is 13.7. The van der Waals surface area contributed by atoms with Gasteiger partial charge in [-0.2, -0.15) is 4.98 Å². The van der Waals surface area contributed by atoms with E-state index in [-0.39, 0.29) is 58.4 Å². The van der Waals surface area contributed by atoms with E-state index in [0.29, 0.717) is 18.6 Å². The van der Waals surface area contributed by atoms with Gasteiger partial charge < -0.3 is 19.3 Å². The summed E-state index contributed by atoms with van der Waals surface area (Å²) in [6, 6.07) is 15.2. The molecule has 0 saturated heterocycles. The van der Waals surface area contributed by atoms with E-state index in [4.69, 9.17) is 14.2 Å². The number of rotatable bonds is 13. The Morgan fingerprint density at radius 3 is 2.07 bits per heavy atom. The minimum Gasteiger partial charge on any atom is -0.493 e. The second kappa shape index (κ2) is 13.6. The lowest BCUT2D eigenvalue weighted by molar-refractivity contribution is 0.0559. The number of hydrogen-bond donors (Lipinski definition) is 2. The molecule has 0 spiro atoms. The molecule has 12 heteroatoms. The van der Waals surface area contributed by atoms with Gasteiger partial charge in [0.2, 0.25) is 11.6 Å². The van der Waals surface area contributed by atoms with Crippen molar-refractivity contribution in [2.24, 2.45) is 5.41 Å². The fraction of sp³-hybridized carbons (Fsp3) is 0.375. The summed E-state index contributed by atoms with van der Waals surface area (Å²) in [6.07, 6.45) is 4.31. The highest BCUT2D eigenvalue weighted by Crippen LogP contribution is 2.42. The Morgan fingerprint density at radius 2 is 1.50 bits per heavy atom. The zero-order valence-electron chi connectivity index (χ0n) is 25.9. The van der Waals surface area contributed by atoms with Crippen LogP contribution in [0.4, 0.5) is 5.82 Å². The second-order valence-electron chi connectivity index (χ2n) is 11.4. The Hall–Kier alpha value is -4.29. The average Bonchev–Trinajstić information content (AvgIpc) is 3.03. The molecule has 2 aromatic carbocycles. The van der Waals surface area contributed by atoms with Gasteiger partial charge in [0.25, 0.3) is 15.9 Å². The first-order chi connectivity index (χ1) is 20.9. The van der Waals surface area contributed by atoms with Gasteiger partial charge in [-0.1, -0.05) is 58.9 Å². The van der Waals surface area contributed by atoms with Gasteiger partial charge in [0.1, 0.15) is 0 Å². The summed E-state index contributed by atoms with van der Waals surface area (Å²) in [5, 5.41) is 10.2. The summed E-state index contributed by atoms with van der Waals surface area (Å²) < 4.78 is 48.0. The molecule has 0 bridgehead atoms. The van der Waals surface area contributed by atoms with Crippen LogP contribution in [0, 0.1) is 5.41 Å². The largest absolute Gasteiger partial charge is 0.493 e. The molecule has 0 saturated carbocycles. The summed E-state index contributed by atoms with van der Waals surface area (Å²) in [4.78, 5) is 17.6. The molecule has 0 unspecified atom stereocenters. The SMILES string of the molecule is CCC(CC)(CO)COc1nc(-c2ncccn2)nc(NS(=O)(=O)c2ccc(C(C)(C)C)cc2)c1Oc1ccccc1OC. The molecule has 0 aliphatic carbocycles. The minimum atomic E-state index is -4.17. The number of anilines is 1. The van der Waals surface area contributed by atoms with E-state index < -0.39 is 15.4 Å². The second-order valence-corrected chi connectivity index (χ2v) is 13.1. The predicted molar refractivity (Wildman–Crippen MR) is 168 cm³/mol. The molecule has 0 fully saturated rings. The van der Waals surface area contributed by atoms with E-state index in [2.05, 4.69) is 24.7 Å². The molecule has 2 aromatic heterocycles. The van der Waals surface area contributed by atoms with Crippen LogP contribution in [0.5, 0.6) is 23.1 Å². The number of nitrogens with zero attached hydrogens (tertiary/aromatic N) is 4. The first-order valence-corrected chi connectivity index (χ1v) is 15.8. The smallest absolute Gasteiger partial charge is 0.263 e. The number of aliphatic hydroxyl groups excluding tert-OH is 1. The lowest BCUT2D eigenvalue weighted by atomic mass is 9.84. The zero-order chi connectivity index (χ0) is 32.0. The predicted octanol–water partition coefficient (Wildman–Crippen LogP) is 6.01. The first kappa shape index (κ1) is 32.6. The number of sulfonamides is 1. The van der Waals surface area contributed by atoms with Crippen molar-refractivity contribution in [2.45, 2.75) is 57.8 Å². The van der Waals surface area contributed by atoms with E-state index in [0.717, 1.165) is 5.56 Å². The molecule has 4 aromatic rings. The van der Waals surface area contributed by atoms with Crippen molar-refractivity contribution in [1.82, 2.24) is 19.9 Å². The standard InChI is InChI=1S/C32H39N5O6S/c1-7-32(8-2,20-38)21-42-30-26(43-25-13-10-9-12-24(25)41-6)27(35-29(36-30)28-33-18-11-19-34-28)37-44(39,40)23-16-14-22(15-17-23)31(3,4)5/h9-19,38H,7-8,20-21H2,1-6H3,(H,35,36,37). The van der Waals surface area contributed by atoms with Gasteiger partial charge in [-0.25, -0.2) is 23.4 Å². The fourth-order valence-electron chi connectivity index (χ4n) is 4.28. The third-order valence-electron chi connectivity index (χ3n) is 7.49. The monoisotopic (exact) mass is 621 g/mol. The van der Waals surface area contributed by atoms with E-state index in [9.17, 15) is 13.5 Å². The molecule has 234 valence electrons. The van der Waals surface area contributed by atoms with Crippen LogP contribution < -0.4 is 18.9 Å². The Kier molecular flexibility index (Phi) is 10.1. The number of ether oxygens (including phenoxy) is 3. The molecule has 0 amide bonds. The van der Waals surface area contributed by atoms with Crippen LogP contribution in [0.15, 0.2) is 71.9 Å². The van der Waals surface area contributed by atoms with Crippen LogP contribution in [0.25, 0.3) is 11.6 Å². The van der Waals surface area contributed by atoms with Crippen molar-refractivity contribution in [1.29, 1.82) is 0 Å². The molecule has 11 nitrogen and oxygen atoms in total. The van der Waals surface area contributed by atoms with Gasteiger partial charge in [-0.05, 0) is 54.2 Å². The van der Waals surface area contributed by atoms with E-state index in [1.165, 1.54) is 19.5 Å². The van der Waals surface area contributed by atoms with Crippen LogP contribution in [-0.2, 0) is 15.4 Å². The number of aliphatic hydroxyl groups is 1. The Labute approximate surface area is 258 Å². The van der Waals surface area contributed by atoms with Gasteiger partial charge >= 0.3 is 0 Å². The van der Waals surface area contributed by atoms with Crippen LogP contribution in [-0.4, -0.2) is 53.8 Å². The summed E-state index contributed by atoms with van der Waals surface area (Å²) >= 11 is 0. The van der Waals surface area contributed by atoms with Crippen LogP contribution >= 0.6 is 0 Å². The van der Waals surface area contributed by atoms with E-state index in [1.807, 2.05) is 34.6 Å². The number of nitrogens with one attached hydrogen (secondary N) is 1.